The molecule has 0 bridgehead atoms. The molecule has 0 radical (unpaired) electrons. The molecule has 3 rings (SSSR count). The number of aromatic amines is 2. The van der Waals surface area contributed by atoms with Gasteiger partial charge in [-0.25, -0.2) is 9.37 Å². The molecule has 2 aromatic heterocycles. The third-order valence-corrected chi connectivity index (χ3v) is 4.12. The molecule has 0 spiro atoms. The number of H-pyrrole nitrogens is 2. The second-order valence-corrected chi connectivity index (χ2v) is 6.13. The van der Waals surface area contributed by atoms with Crippen molar-refractivity contribution in [1.82, 2.24) is 15.0 Å². The lowest BCUT2D eigenvalue weighted by Crippen LogP contribution is -2.14. The molecule has 0 saturated carbocycles. The van der Waals surface area contributed by atoms with Crippen LogP contribution in [-0.4, -0.2) is 21.0 Å². The lowest BCUT2D eigenvalue weighted by Gasteiger charge is -2.13. The first-order valence-corrected chi connectivity index (χ1v) is 8.29. The lowest BCUT2D eigenvalue weighted by molar-refractivity contribution is 0.628. The summed E-state index contributed by atoms with van der Waals surface area (Å²) >= 11 is 5.25. The molecule has 24 heavy (non-hydrogen) atoms. The summed E-state index contributed by atoms with van der Waals surface area (Å²) in [5.41, 5.74) is 3.52. The van der Waals surface area contributed by atoms with Crippen LogP contribution < -0.4 is 5.32 Å². The number of imidazole rings is 1. The molecule has 0 saturated heterocycles. The van der Waals surface area contributed by atoms with Crippen molar-refractivity contribution in [2.45, 2.75) is 26.3 Å². The van der Waals surface area contributed by atoms with E-state index in [-0.39, 0.29) is 5.82 Å². The molecular weight excluding hydrogens is 323 g/mol. The maximum Gasteiger partial charge on any atom is 0.175 e. The fourth-order valence-corrected chi connectivity index (χ4v) is 2.66. The van der Waals surface area contributed by atoms with Crippen molar-refractivity contribution in [2.24, 2.45) is 0 Å². The number of rotatable bonds is 5. The zero-order chi connectivity index (χ0) is 17.1. The predicted octanol–water partition coefficient (Wildman–Crippen LogP) is 5.15. The smallest absolute Gasteiger partial charge is 0.175 e. The second-order valence-electron chi connectivity index (χ2n) is 5.72. The van der Waals surface area contributed by atoms with Crippen LogP contribution in [-0.2, 0) is 0 Å². The second kappa shape index (κ2) is 6.97. The Kier molecular flexibility index (Phi) is 4.76. The van der Waals surface area contributed by atoms with E-state index in [0.29, 0.717) is 10.8 Å². The van der Waals surface area contributed by atoms with E-state index in [4.69, 9.17) is 12.2 Å². The number of nitrogens with one attached hydrogen (secondary N) is 3. The van der Waals surface area contributed by atoms with Crippen LogP contribution in [0.4, 0.5) is 10.2 Å². The van der Waals surface area contributed by atoms with Crippen LogP contribution in [0.25, 0.3) is 22.5 Å². The van der Waals surface area contributed by atoms with Crippen molar-refractivity contribution >= 4 is 18.0 Å². The van der Waals surface area contributed by atoms with Gasteiger partial charge >= 0.3 is 0 Å². The summed E-state index contributed by atoms with van der Waals surface area (Å²) in [5, 5.41) is 3.36. The molecule has 1 atom stereocenters. The summed E-state index contributed by atoms with van der Waals surface area (Å²) < 4.78 is 13.7. The molecule has 0 aliphatic carbocycles. The van der Waals surface area contributed by atoms with Crippen LogP contribution in [0.2, 0.25) is 0 Å². The quantitative estimate of drug-likeness (QED) is 0.562. The van der Waals surface area contributed by atoms with Crippen LogP contribution in [0.1, 0.15) is 20.3 Å². The molecule has 0 fully saturated rings. The number of aromatic nitrogens is 3. The number of halogens is 1. The summed E-state index contributed by atoms with van der Waals surface area (Å²) in [6.45, 7) is 4.24. The normalized spacial score (nSPS) is 12.1. The average Bonchev–Trinajstić information content (AvgIpc) is 2.97. The molecule has 6 heteroatoms. The fourth-order valence-electron chi connectivity index (χ4n) is 2.45. The van der Waals surface area contributed by atoms with Crippen molar-refractivity contribution < 1.29 is 4.39 Å². The monoisotopic (exact) mass is 342 g/mol. The van der Waals surface area contributed by atoms with Gasteiger partial charge in [-0.2, -0.15) is 0 Å². The molecule has 3 aromatic rings. The molecule has 0 aliphatic rings. The van der Waals surface area contributed by atoms with E-state index in [9.17, 15) is 4.39 Å². The summed E-state index contributed by atoms with van der Waals surface area (Å²) in [5.74, 6) is 0.547. The Hall–Kier alpha value is -2.47. The minimum absolute atomic E-state index is 0.265. The maximum absolute atomic E-state index is 13.2. The third-order valence-electron chi connectivity index (χ3n) is 3.92. The predicted molar refractivity (Wildman–Crippen MR) is 98.0 cm³/mol. The first kappa shape index (κ1) is 16.4. The van der Waals surface area contributed by atoms with Gasteiger partial charge in [0.15, 0.2) is 4.77 Å². The van der Waals surface area contributed by atoms with E-state index in [2.05, 4.69) is 34.1 Å². The van der Waals surface area contributed by atoms with E-state index in [1.807, 2.05) is 12.1 Å². The highest BCUT2D eigenvalue weighted by Gasteiger charge is 2.12. The molecule has 4 nitrogen and oxygen atoms in total. The maximum atomic E-state index is 13.2. The van der Waals surface area contributed by atoms with Gasteiger partial charge in [-0.1, -0.05) is 6.92 Å². The molecule has 1 aromatic carbocycles. The molecule has 0 aliphatic heterocycles. The minimum atomic E-state index is -0.265. The van der Waals surface area contributed by atoms with Crippen molar-refractivity contribution in [2.75, 3.05) is 5.32 Å². The van der Waals surface area contributed by atoms with E-state index in [1.165, 1.54) is 12.1 Å². The number of benzene rings is 1. The Labute approximate surface area is 145 Å². The largest absolute Gasteiger partial charge is 0.368 e. The highest BCUT2D eigenvalue weighted by atomic mass is 32.1. The van der Waals surface area contributed by atoms with Gasteiger partial charge in [0.05, 0.1) is 11.4 Å². The fraction of sp³-hybridized carbons (Fsp3) is 0.222. The molecule has 0 amide bonds. The Morgan fingerprint density at radius 3 is 2.46 bits per heavy atom. The van der Waals surface area contributed by atoms with Crippen LogP contribution >= 0.6 is 12.2 Å². The topological polar surface area (TPSA) is 56.5 Å². The Bertz CT molecular complexity index is 883. The molecule has 1 unspecified atom stereocenters. The molecule has 2 heterocycles. The van der Waals surface area contributed by atoms with Crippen molar-refractivity contribution in [3.63, 3.8) is 0 Å². The Morgan fingerprint density at radius 2 is 1.79 bits per heavy atom. The van der Waals surface area contributed by atoms with Crippen LogP contribution in [0.3, 0.4) is 0 Å². The van der Waals surface area contributed by atoms with Gasteiger partial charge in [-0.3, -0.25) is 0 Å². The number of hydrogen-bond donors (Lipinski definition) is 3. The summed E-state index contributed by atoms with van der Waals surface area (Å²) in [6, 6.07) is 10.6. The highest BCUT2D eigenvalue weighted by Crippen LogP contribution is 2.30. The standard InChI is InChI=1S/C18H19FN4S/c1-3-11(2)21-15-10-13(8-9-20-15)17-16(22-18(24)23-17)12-4-6-14(19)7-5-12/h4-11H,3H2,1-2H3,(H,20,21)(H2,22,23,24). The first-order valence-electron chi connectivity index (χ1n) is 7.88. The van der Waals surface area contributed by atoms with Crippen molar-refractivity contribution in [3.8, 4) is 22.5 Å². The van der Waals surface area contributed by atoms with Crippen LogP contribution in [0.5, 0.6) is 0 Å². The molecular formula is C18H19FN4S. The first-order chi connectivity index (χ1) is 11.6. The van der Waals surface area contributed by atoms with Crippen LogP contribution in [0, 0.1) is 10.6 Å². The van der Waals surface area contributed by atoms with Gasteiger partial charge in [0.25, 0.3) is 0 Å². The third kappa shape index (κ3) is 3.54. The zero-order valence-corrected chi connectivity index (χ0v) is 14.4. The van der Waals surface area contributed by atoms with Crippen molar-refractivity contribution in [3.05, 3.63) is 53.2 Å². The SMILES string of the molecule is CCC(C)Nc1cc(-c2[nH]c(=S)[nH]c2-c2ccc(F)cc2)ccn1. The van der Waals surface area contributed by atoms with Crippen LogP contribution in [0.15, 0.2) is 42.6 Å². The van der Waals surface area contributed by atoms with Gasteiger partial charge in [0, 0.05) is 23.4 Å². The van der Waals surface area contributed by atoms with Gasteiger partial charge in [0.1, 0.15) is 11.6 Å². The van der Waals surface area contributed by atoms with Gasteiger partial charge < -0.3 is 15.3 Å². The van der Waals surface area contributed by atoms with Crippen molar-refractivity contribution in [1.29, 1.82) is 0 Å². The van der Waals surface area contributed by atoms with Gasteiger partial charge in [-0.05, 0) is 62.0 Å². The number of hydrogen-bond acceptors (Lipinski definition) is 3. The van der Waals surface area contributed by atoms with Gasteiger partial charge in [-0.15, -0.1) is 0 Å². The minimum Gasteiger partial charge on any atom is -0.368 e. The van der Waals surface area contributed by atoms with Gasteiger partial charge in [0.2, 0.25) is 0 Å². The van der Waals surface area contributed by atoms with E-state index >= 15 is 0 Å². The summed E-state index contributed by atoms with van der Waals surface area (Å²) in [7, 11) is 0. The van der Waals surface area contributed by atoms with E-state index in [0.717, 1.165) is 34.8 Å². The number of pyridine rings is 1. The Balaban J connectivity index is 2.02. The number of anilines is 1. The zero-order valence-electron chi connectivity index (χ0n) is 13.6. The van der Waals surface area contributed by atoms with E-state index < -0.39 is 0 Å². The van der Waals surface area contributed by atoms with E-state index in [1.54, 1.807) is 18.3 Å². The summed E-state index contributed by atoms with van der Waals surface area (Å²) in [6.07, 6.45) is 2.78. The lowest BCUT2D eigenvalue weighted by atomic mass is 10.1. The average molecular weight is 342 g/mol. The highest BCUT2D eigenvalue weighted by molar-refractivity contribution is 7.71. The summed E-state index contributed by atoms with van der Waals surface area (Å²) in [4.78, 5) is 10.7. The Morgan fingerprint density at radius 1 is 1.12 bits per heavy atom. The number of nitrogens with zero attached hydrogens (tertiary/aromatic N) is 1. The molecule has 3 N–H and O–H groups in total. The molecule has 124 valence electrons.